The quantitative estimate of drug-likeness (QED) is 0.812. The van der Waals surface area contributed by atoms with Gasteiger partial charge in [-0.05, 0) is 61.6 Å². The number of phenols is 1. The Labute approximate surface area is 179 Å². The molecule has 0 aromatic heterocycles. The third-order valence-electron chi connectivity index (χ3n) is 8.18. The Balaban J connectivity index is 1.40. The topological polar surface area (TPSA) is 60.9 Å². The number of likely N-dealkylation sites (tertiary alicyclic amines) is 1. The van der Waals surface area contributed by atoms with Crippen molar-refractivity contribution in [1.29, 1.82) is 0 Å². The standard InChI is InChI=1S/C25H34N2O3/c28-21-9-4-8-18(14-21)25(30)26-15-19-13-20(16-26)23(12-17-6-2-1-3-7-17)27-22(19)10-5-11-24(27)29/h4,8-9,14,17,19-20,22-23,28H,1-3,5-7,10-13,15-16H2/t19-,20+,22+,23+/m1/s1. The highest BCUT2D eigenvalue weighted by atomic mass is 16.3. The van der Waals surface area contributed by atoms with Gasteiger partial charge in [0.1, 0.15) is 5.75 Å². The minimum absolute atomic E-state index is 0.0209. The lowest BCUT2D eigenvalue weighted by atomic mass is 9.69. The molecule has 5 nitrogen and oxygen atoms in total. The molecule has 1 saturated carbocycles. The summed E-state index contributed by atoms with van der Waals surface area (Å²) in [4.78, 5) is 30.6. The Morgan fingerprint density at radius 2 is 1.83 bits per heavy atom. The number of carbonyl (C=O) groups is 2. The number of phenolic OH excluding ortho intramolecular Hbond substituents is 1. The summed E-state index contributed by atoms with van der Waals surface area (Å²) in [6, 6.07) is 7.30. The molecule has 3 aliphatic heterocycles. The zero-order valence-electron chi connectivity index (χ0n) is 17.8. The van der Waals surface area contributed by atoms with Crippen LogP contribution in [0.2, 0.25) is 0 Å². The van der Waals surface area contributed by atoms with Gasteiger partial charge in [-0.2, -0.15) is 0 Å². The van der Waals surface area contributed by atoms with E-state index in [9.17, 15) is 14.7 Å². The number of benzene rings is 1. The van der Waals surface area contributed by atoms with Gasteiger partial charge in [0.2, 0.25) is 5.91 Å². The van der Waals surface area contributed by atoms with Crippen molar-refractivity contribution in [3.05, 3.63) is 29.8 Å². The van der Waals surface area contributed by atoms with Gasteiger partial charge in [0.15, 0.2) is 0 Å². The van der Waals surface area contributed by atoms with Crippen molar-refractivity contribution in [3.8, 4) is 5.75 Å². The normalized spacial score (nSPS) is 32.1. The van der Waals surface area contributed by atoms with E-state index in [1.54, 1.807) is 24.3 Å². The number of hydrogen-bond donors (Lipinski definition) is 1. The molecule has 1 aliphatic carbocycles. The van der Waals surface area contributed by atoms with Gasteiger partial charge in [-0.1, -0.05) is 38.2 Å². The predicted octanol–water partition coefficient (Wildman–Crippen LogP) is 4.20. The number of aromatic hydroxyl groups is 1. The fourth-order valence-electron chi connectivity index (χ4n) is 6.83. The molecular weight excluding hydrogens is 376 g/mol. The molecule has 0 radical (unpaired) electrons. The second kappa shape index (κ2) is 8.24. The van der Waals surface area contributed by atoms with Crippen LogP contribution >= 0.6 is 0 Å². The van der Waals surface area contributed by atoms with Crippen LogP contribution in [0.1, 0.15) is 74.6 Å². The smallest absolute Gasteiger partial charge is 0.254 e. The lowest BCUT2D eigenvalue weighted by Gasteiger charge is -2.57. The number of amides is 2. The van der Waals surface area contributed by atoms with Crippen molar-refractivity contribution in [3.63, 3.8) is 0 Å². The molecule has 0 unspecified atom stereocenters. The summed E-state index contributed by atoms with van der Waals surface area (Å²) in [5.41, 5.74) is 0.565. The van der Waals surface area contributed by atoms with E-state index in [0.717, 1.165) is 44.7 Å². The number of carbonyl (C=O) groups excluding carboxylic acids is 2. The first-order chi connectivity index (χ1) is 14.6. The average molecular weight is 411 g/mol. The van der Waals surface area contributed by atoms with Crippen LogP contribution in [-0.2, 0) is 4.79 Å². The van der Waals surface area contributed by atoms with Crippen LogP contribution in [0.15, 0.2) is 24.3 Å². The number of fused-ring (bicyclic) bond motifs is 4. The predicted molar refractivity (Wildman–Crippen MR) is 115 cm³/mol. The largest absolute Gasteiger partial charge is 0.508 e. The highest BCUT2D eigenvalue weighted by Gasteiger charge is 2.50. The molecule has 2 amide bonds. The maximum atomic E-state index is 13.2. The number of nitrogens with zero attached hydrogens (tertiary/aromatic N) is 2. The van der Waals surface area contributed by atoms with Gasteiger partial charge in [0.05, 0.1) is 0 Å². The molecule has 3 heterocycles. The van der Waals surface area contributed by atoms with E-state index < -0.39 is 0 Å². The fourth-order valence-corrected chi connectivity index (χ4v) is 6.83. The summed E-state index contributed by atoms with van der Waals surface area (Å²) in [5, 5.41) is 9.81. The Morgan fingerprint density at radius 3 is 2.63 bits per heavy atom. The van der Waals surface area contributed by atoms with Crippen LogP contribution in [0.3, 0.4) is 0 Å². The van der Waals surface area contributed by atoms with E-state index in [-0.39, 0.29) is 11.7 Å². The first-order valence-corrected chi connectivity index (χ1v) is 12.0. The van der Waals surface area contributed by atoms with Crippen LogP contribution < -0.4 is 0 Å². The molecule has 3 saturated heterocycles. The SMILES string of the molecule is O=C(c1cccc(O)c1)N1C[C@H]2C[C@@H](C1)[C@H](CC1CCCCC1)N1C(=O)CCC[C@@H]21. The molecule has 5 rings (SSSR count). The van der Waals surface area contributed by atoms with Gasteiger partial charge >= 0.3 is 0 Å². The first kappa shape index (κ1) is 19.9. The molecule has 4 fully saturated rings. The highest BCUT2D eigenvalue weighted by molar-refractivity contribution is 5.94. The average Bonchev–Trinajstić information content (AvgIpc) is 2.77. The molecule has 4 atom stereocenters. The molecule has 1 aromatic rings. The number of piperidine rings is 3. The van der Waals surface area contributed by atoms with Crippen molar-refractivity contribution >= 4 is 11.8 Å². The molecule has 30 heavy (non-hydrogen) atoms. The zero-order valence-corrected chi connectivity index (χ0v) is 17.8. The van der Waals surface area contributed by atoms with Crippen molar-refractivity contribution < 1.29 is 14.7 Å². The van der Waals surface area contributed by atoms with E-state index in [4.69, 9.17) is 0 Å². The van der Waals surface area contributed by atoms with Crippen LogP contribution in [0.4, 0.5) is 0 Å². The second-order valence-corrected chi connectivity index (χ2v) is 10.1. The minimum atomic E-state index is 0.0209. The van der Waals surface area contributed by atoms with Crippen LogP contribution in [0.25, 0.3) is 0 Å². The van der Waals surface area contributed by atoms with Crippen LogP contribution in [-0.4, -0.2) is 51.9 Å². The molecule has 1 N–H and O–H groups in total. The van der Waals surface area contributed by atoms with Crippen molar-refractivity contribution in [2.45, 2.75) is 76.3 Å². The van der Waals surface area contributed by atoms with E-state index in [2.05, 4.69) is 4.90 Å². The van der Waals surface area contributed by atoms with Crippen molar-refractivity contribution in [1.82, 2.24) is 9.80 Å². The molecule has 2 bridgehead atoms. The van der Waals surface area contributed by atoms with Gasteiger partial charge in [-0.3, -0.25) is 9.59 Å². The summed E-state index contributed by atoms with van der Waals surface area (Å²) in [7, 11) is 0. The number of hydrogen-bond acceptors (Lipinski definition) is 3. The summed E-state index contributed by atoms with van der Waals surface area (Å²) >= 11 is 0. The minimum Gasteiger partial charge on any atom is -0.508 e. The Morgan fingerprint density at radius 1 is 1.03 bits per heavy atom. The van der Waals surface area contributed by atoms with Crippen LogP contribution in [0.5, 0.6) is 5.75 Å². The summed E-state index contributed by atoms with van der Waals surface area (Å²) in [5.74, 6) is 2.01. The van der Waals surface area contributed by atoms with Gasteiger partial charge < -0.3 is 14.9 Å². The molecule has 0 spiro atoms. The van der Waals surface area contributed by atoms with Gasteiger partial charge in [-0.25, -0.2) is 0 Å². The lowest BCUT2D eigenvalue weighted by Crippen LogP contribution is -2.65. The van der Waals surface area contributed by atoms with Crippen molar-refractivity contribution in [2.75, 3.05) is 13.1 Å². The Hall–Kier alpha value is -2.04. The van der Waals surface area contributed by atoms with Gasteiger partial charge in [0.25, 0.3) is 5.91 Å². The van der Waals surface area contributed by atoms with Crippen LogP contribution in [0, 0.1) is 17.8 Å². The van der Waals surface area contributed by atoms with E-state index >= 15 is 0 Å². The lowest BCUT2D eigenvalue weighted by molar-refractivity contribution is -0.153. The summed E-state index contributed by atoms with van der Waals surface area (Å²) < 4.78 is 0. The maximum absolute atomic E-state index is 13.2. The van der Waals surface area contributed by atoms with E-state index in [1.807, 2.05) is 4.90 Å². The zero-order chi connectivity index (χ0) is 20.7. The highest BCUT2D eigenvalue weighted by Crippen LogP contribution is 2.45. The van der Waals surface area contributed by atoms with Crippen molar-refractivity contribution in [2.24, 2.45) is 17.8 Å². The molecule has 5 heteroatoms. The van der Waals surface area contributed by atoms with Gasteiger partial charge in [0, 0.05) is 37.2 Å². The van der Waals surface area contributed by atoms with E-state index in [1.165, 1.54) is 32.1 Å². The second-order valence-electron chi connectivity index (χ2n) is 10.1. The third kappa shape index (κ3) is 3.72. The summed E-state index contributed by atoms with van der Waals surface area (Å²) in [6.45, 7) is 1.47. The number of rotatable bonds is 3. The Kier molecular flexibility index (Phi) is 5.46. The molecular formula is C25H34N2O3. The molecule has 1 aromatic carbocycles. The monoisotopic (exact) mass is 410 g/mol. The van der Waals surface area contributed by atoms with E-state index in [0.29, 0.717) is 41.8 Å². The third-order valence-corrected chi connectivity index (χ3v) is 8.18. The molecule has 162 valence electrons. The maximum Gasteiger partial charge on any atom is 0.254 e. The first-order valence-electron chi connectivity index (χ1n) is 12.0. The Bertz CT molecular complexity index is 803. The van der Waals surface area contributed by atoms with Gasteiger partial charge in [-0.15, -0.1) is 0 Å². The molecule has 4 aliphatic rings. The fraction of sp³-hybridized carbons (Fsp3) is 0.680. The summed E-state index contributed by atoms with van der Waals surface area (Å²) in [6.07, 6.45) is 11.6.